The van der Waals surface area contributed by atoms with Crippen molar-refractivity contribution in [2.45, 2.75) is 25.3 Å². The number of nitrogens with one attached hydrogen (secondary N) is 1. The van der Waals surface area contributed by atoms with Crippen molar-refractivity contribution in [3.8, 4) is 0 Å². The summed E-state index contributed by atoms with van der Waals surface area (Å²) in [5.41, 5.74) is -5.22. The van der Waals surface area contributed by atoms with Crippen LogP contribution >= 0.6 is 0 Å². The van der Waals surface area contributed by atoms with E-state index in [0.29, 0.717) is 29.7 Å². The van der Waals surface area contributed by atoms with E-state index in [4.69, 9.17) is 0 Å². The number of hydrogen-bond acceptors (Lipinski definition) is 3. The first-order valence-corrected chi connectivity index (χ1v) is 8.55. The van der Waals surface area contributed by atoms with Gasteiger partial charge in [-0.05, 0) is 25.7 Å². The smallest absolute Gasteiger partial charge is 0.357 e. The minimum Gasteiger partial charge on any atom is -0.357 e. The Morgan fingerprint density at radius 3 is 2.27 bits per heavy atom. The van der Waals surface area contributed by atoms with Gasteiger partial charge in [0.25, 0.3) is 0 Å². The third kappa shape index (κ3) is 4.73. The molecule has 0 aromatic carbocycles. The summed E-state index contributed by atoms with van der Waals surface area (Å²) in [6.45, 7) is 2.92. The van der Waals surface area contributed by atoms with Gasteiger partial charge in [-0.1, -0.05) is 0 Å². The highest BCUT2D eigenvalue weighted by Gasteiger charge is 2.50. The van der Waals surface area contributed by atoms with Gasteiger partial charge in [0.1, 0.15) is 0 Å². The van der Waals surface area contributed by atoms with Crippen LogP contribution in [-0.2, 0) is 10.0 Å². The molecule has 1 aliphatic rings. The molecule has 1 heterocycles. The number of halogens is 3. The Labute approximate surface area is 129 Å². The molecular weight excluding hydrogens is 321 g/mol. The van der Waals surface area contributed by atoms with Crippen molar-refractivity contribution >= 4 is 16.0 Å². The highest BCUT2D eigenvalue weighted by Crippen LogP contribution is 2.30. The summed E-state index contributed by atoms with van der Waals surface area (Å²) in [4.78, 5) is 6.24. The van der Waals surface area contributed by atoms with Crippen molar-refractivity contribution in [3.05, 3.63) is 0 Å². The lowest BCUT2D eigenvalue weighted by Gasteiger charge is -2.31. The van der Waals surface area contributed by atoms with Crippen LogP contribution in [0.5, 0.6) is 0 Å². The number of nitrogens with zero attached hydrogens (tertiary/aromatic N) is 3. The molecular formula is C12H23F3N4O2S. The Hall–Kier alpha value is -1.03. The molecule has 1 N–H and O–H groups in total. The minimum absolute atomic E-state index is 0.0910. The molecule has 0 aromatic heterocycles. The van der Waals surface area contributed by atoms with Crippen molar-refractivity contribution < 1.29 is 21.6 Å². The summed E-state index contributed by atoms with van der Waals surface area (Å²) in [5, 5.41) is 3.10. The molecule has 0 atom stereocenters. The zero-order valence-corrected chi connectivity index (χ0v) is 13.8. The number of rotatable bonds is 4. The maximum absolute atomic E-state index is 12.5. The molecule has 0 amide bonds. The SMILES string of the molecule is CCNC(=NCC1CCN(S(=O)(=O)C(F)(F)F)CC1)N(C)C. The zero-order valence-electron chi connectivity index (χ0n) is 13.0. The number of aliphatic imine (C=N–C) groups is 1. The Morgan fingerprint density at radius 2 is 1.86 bits per heavy atom. The second-order valence-corrected chi connectivity index (χ2v) is 7.31. The monoisotopic (exact) mass is 344 g/mol. The van der Waals surface area contributed by atoms with E-state index in [0.717, 1.165) is 6.54 Å². The van der Waals surface area contributed by atoms with Gasteiger partial charge in [0.15, 0.2) is 5.96 Å². The average molecular weight is 344 g/mol. The van der Waals surface area contributed by atoms with Crippen LogP contribution in [0, 0.1) is 5.92 Å². The molecule has 130 valence electrons. The van der Waals surface area contributed by atoms with E-state index in [9.17, 15) is 21.6 Å². The molecule has 10 heteroatoms. The molecule has 0 unspecified atom stereocenters. The topological polar surface area (TPSA) is 65.0 Å². The normalized spacial score (nSPS) is 19.3. The van der Waals surface area contributed by atoms with Gasteiger partial charge in [-0.2, -0.15) is 17.5 Å². The molecule has 0 radical (unpaired) electrons. The largest absolute Gasteiger partial charge is 0.511 e. The predicted octanol–water partition coefficient (Wildman–Crippen LogP) is 1.08. The quantitative estimate of drug-likeness (QED) is 0.612. The van der Waals surface area contributed by atoms with Crippen LogP contribution in [0.2, 0.25) is 0 Å². The van der Waals surface area contributed by atoms with Crippen molar-refractivity contribution in [3.63, 3.8) is 0 Å². The van der Waals surface area contributed by atoms with Gasteiger partial charge in [0.2, 0.25) is 0 Å². The van der Waals surface area contributed by atoms with Crippen LogP contribution in [-0.4, -0.2) is 69.4 Å². The average Bonchev–Trinajstić information content (AvgIpc) is 2.42. The summed E-state index contributed by atoms with van der Waals surface area (Å²) < 4.78 is 60.6. The van der Waals surface area contributed by atoms with Crippen LogP contribution in [0.4, 0.5) is 13.2 Å². The van der Waals surface area contributed by atoms with Gasteiger partial charge < -0.3 is 10.2 Å². The van der Waals surface area contributed by atoms with E-state index in [1.807, 2.05) is 25.9 Å². The third-order valence-electron chi connectivity index (χ3n) is 3.46. The molecule has 1 fully saturated rings. The number of piperidine rings is 1. The summed E-state index contributed by atoms with van der Waals surface area (Å²) in [6.07, 6.45) is 0.761. The van der Waals surface area contributed by atoms with Crippen molar-refractivity contribution in [2.75, 3.05) is 40.3 Å². The molecule has 1 aliphatic heterocycles. The van der Waals surface area contributed by atoms with Gasteiger partial charge in [-0.25, -0.2) is 8.42 Å². The number of guanidine groups is 1. The maximum Gasteiger partial charge on any atom is 0.511 e. The highest BCUT2D eigenvalue weighted by molar-refractivity contribution is 7.90. The van der Waals surface area contributed by atoms with Crippen LogP contribution in [0.3, 0.4) is 0 Å². The Bertz CT molecular complexity index is 483. The van der Waals surface area contributed by atoms with E-state index < -0.39 is 15.5 Å². The predicted molar refractivity (Wildman–Crippen MR) is 78.9 cm³/mol. The summed E-state index contributed by atoms with van der Waals surface area (Å²) in [5.74, 6) is 0.807. The molecule has 6 nitrogen and oxygen atoms in total. The van der Waals surface area contributed by atoms with E-state index in [2.05, 4.69) is 10.3 Å². The first-order valence-electron chi connectivity index (χ1n) is 7.11. The molecule has 22 heavy (non-hydrogen) atoms. The number of sulfonamides is 1. The Morgan fingerprint density at radius 1 is 1.32 bits per heavy atom. The van der Waals surface area contributed by atoms with Crippen LogP contribution < -0.4 is 5.32 Å². The Kier molecular flexibility index (Phi) is 6.48. The second kappa shape index (κ2) is 7.49. The zero-order chi connectivity index (χ0) is 17.0. The molecule has 1 saturated heterocycles. The summed E-state index contributed by atoms with van der Waals surface area (Å²) in [7, 11) is -1.50. The van der Waals surface area contributed by atoms with E-state index in [1.165, 1.54) is 0 Å². The lowest BCUT2D eigenvalue weighted by molar-refractivity contribution is -0.0496. The summed E-state index contributed by atoms with van der Waals surface area (Å²) in [6, 6.07) is 0. The minimum atomic E-state index is -5.22. The van der Waals surface area contributed by atoms with Crippen molar-refractivity contribution in [2.24, 2.45) is 10.9 Å². The van der Waals surface area contributed by atoms with Crippen LogP contribution in [0.15, 0.2) is 4.99 Å². The maximum atomic E-state index is 12.5. The van der Waals surface area contributed by atoms with Gasteiger partial charge in [-0.15, -0.1) is 0 Å². The van der Waals surface area contributed by atoms with E-state index in [1.54, 1.807) is 0 Å². The van der Waals surface area contributed by atoms with Crippen molar-refractivity contribution in [1.29, 1.82) is 0 Å². The van der Waals surface area contributed by atoms with Gasteiger partial charge in [0.05, 0.1) is 0 Å². The first kappa shape index (κ1) is 19.0. The van der Waals surface area contributed by atoms with E-state index in [-0.39, 0.29) is 19.0 Å². The molecule has 0 spiro atoms. The molecule has 1 rings (SSSR count). The van der Waals surface area contributed by atoms with Gasteiger partial charge in [0, 0.05) is 40.3 Å². The van der Waals surface area contributed by atoms with Crippen LogP contribution in [0.1, 0.15) is 19.8 Å². The van der Waals surface area contributed by atoms with Gasteiger partial charge in [-0.3, -0.25) is 4.99 Å². The number of alkyl halides is 3. The van der Waals surface area contributed by atoms with Gasteiger partial charge >= 0.3 is 15.5 Å². The molecule has 0 bridgehead atoms. The molecule has 0 aromatic rings. The third-order valence-corrected chi connectivity index (χ3v) is 5.09. The highest BCUT2D eigenvalue weighted by atomic mass is 32.2. The first-order chi connectivity index (χ1) is 10.1. The number of hydrogen-bond donors (Lipinski definition) is 1. The molecule has 0 saturated carbocycles. The second-order valence-electron chi connectivity index (χ2n) is 5.38. The van der Waals surface area contributed by atoms with Crippen LogP contribution in [0.25, 0.3) is 0 Å². The fourth-order valence-corrected chi connectivity index (χ4v) is 3.19. The lowest BCUT2D eigenvalue weighted by Crippen LogP contribution is -2.45. The molecule has 0 aliphatic carbocycles. The Balaban J connectivity index is 2.58. The van der Waals surface area contributed by atoms with E-state index >= 15 is 0 Å². The standard InChI is InChI=1S/C12H23F3N4O2S/c1-4-16-11(18(2)3)17-9-10-5-7-19(8-6-10)22(20,21)12(13,14)15/h10H,4-9H2,1-3H3,(H,16,17). The summed E-state index contributed by atoms with van der Waals surface area (Å²) >= 11 is 0. The van der Waals surface area contributed by atoms with Crippen molar-refractivity contribution in [1.82, 2.24) is 14.5 Å². The lowest BCUT2D eigenvalue weighted by atomic mass is 9.98. The fourth-order valence-electron chi connectivity index (χ4n) is 2.21. The fraction of sp³-hybridized carbons (Fsp3) is 0.917.